The number of alkyl halides is 4. The molecule has 0 aliphatic carbocycles. The first-order valence-corrected chi connectivity index (χ1v) is 15.3. The smallest absolute Gasteiger partial charge is 0.339 e. The van der Waals surface area contributed by atoms with Crippen LogP contribution < -0.4 is 14.9 Å². The predicted octanol–water partition coefficient (Wildman–Crippen LogP) is 5.27. The number of nitrogens with zero attached hydrogens (tertiary/aromatic N) is 3. The Morgan fingerprint density at radius 2 is 1.70 bits per heavy atom. The molecule has 4 aromatic rings. The number of carbonyl (C=O) groups excluding carboxylic acids is 2. The monoisotopic (exact) mass is 649 g/mol. The van der Waals surface area contributed by atoms with Crippen molar-refractivity contribution in [2.24, 2.45) is 0 Å². The van der Waals surface area contributed by atoms with Gasteiger partial charge in [-0.2, -0.15) is 13.2 Å². The van der Waals surface area contributed by atoms with Crippen LogP contribution >= 0.6 is 11.6 Å². The Labute approximate surface area is 254 Å². The number of hydrogen-bond acceptors (Lipinski definition) is 5. The largest absolute Gasteiger partial charge is 0.416 e. The minimum atomic E-state index is -4.72. The first-order chi connectivity index (χ1) is 20.8. The first-order valence-electron chi connectivity index (χ1n) is 13.1. The Balaban J connectivity index is 1.73. The molecule has 9 nitrogen and oxygen atoms in total. The third-order valence-corrected chi connectivity index (χ3v) is 8.66. The van der Waals surface area contributed by atoms with Gasteiger partial charge in [-0.3, -0.25) is 19.2 Å². The van der Waals surface area contributed by atoms with Crippen LogP contribution in [0.5, 0.6) is 0 Å². The summed E-state index contributed by atoms with van der Waals surface area (Å²) in [6.07, 6.45) is -4.72. The molecule has 2 amide bonds. The van der Waals surface area contributed by atoms with Crippen molar-refractivity contribution in [2.75, 3.05) is 21.4 Å². The van der Waals surface area contributed by atoms with Crippen molar-refractivity contribution in [1.82, 2.24) is 15.1 Å². The van der Waals surface area contributed by atoms with Gasteiger partial charge in [-0.1, -0.05) is 36.4 Å². The topological polar surface area (TPSA) is 113 Å². The van der Waals surface area contributed by atoms with Crippen LogP contribution in [0.25, 0.3) is 5.69 Å². The molecule has 0 fully saturated rings. The fraction of sp³-hybridized carbons (Fsp3) is 0.207. The van der Waals surface area contributed by atoms with E-state index in [1.807, 2.05) is 0 Å². The number of halogens is 5. The minimum Gasteiger partial charge on any atom is -0.339 e. The molecule has 230 valence electrons. The fourth-order valence-electron chi connectivity index (χ4n) is 5.09. The second kappa shape index (κ2) is 11.9. The number of aromatic nitrogens is 2. The normalized spacial score (nSPS) is 16.9. The Morgan fingerprint density at radius 3 is 2.32 bits per heavy atom. The molecular weight excluding hydrogens is 626 g/mol. The SMILES string of the molecule is CCN1C(=O)[C@@H](NC(=O)c2cccc(C(F)(F)F)c2)[C@@H](c2ccc(F)cc2)c2c(NS(=O)(=O)CCl)nn(-c3ccccc3)c21. The molecule has 2 atom stereocenters. The molecule has 1 aliphatic heterocycles. The summed E-state index contributed by atoms with van der Waals surface area (Å²) in [7, 11) is -4.14. The van der Waals surface area contributed by atoms with Gasteiger partial charge in [0.25, 0.3) is 11.8 Å². The van der Waals surface area contributed by atoms with E-state index >= 15 is 0 Å². The van der Waals surface area contributed by atoms with Crippen LogP contribution in [0.3, 0.4) is 0 Å². The molecule has 0 bridgehead atoms. The molecular formula is C29H24ClF4N5O4S. The van der Waals surface area contributed by atoms with E-state index in [-0.39, 0.29) is 29.3 Å². The van der Waals surface area contributed by atoms with E-state index < -0.39 is 56.6 Å². The lowest BCUT2D eigenvalue weighted by Crippen LogP contribution is -2.55. The summed E-state index contributed by atoms with van der Waals surface area (Å²) in [6.45, 7) is 1.69. The summed E-state index contributed by atoms with van der Waals surface area (Å²) in [5.41, 5.74) is -0.498. The number of rotatable bonds is 8. The molecule has 44 heavy (non-hydrogen) atoms. The van der Waals surface area contributed by atoms with E-state index in [2.05, 4.69) is 15.1 Å². The number of nitrogens with one attached hydrogen (secondary N) is 2. The highest BCUT2D eigenvalue weighted by atomic mass is 35.5. The molecule has 2 N–H and O–H groups in total. The number of para-hydroxylation sites is 1. The number of anilines is 2. The van der Waals surface area contributed by atoms with Gasteiger partial charge < -0.3 is 5.32 Å². The van der Waals surface area contributed by atoms with Crippen LogP contribution in [0, 0.1) is 5.82 Å². The number of likely N-dealkylation sites (N-methyl/N-ethyl adjacent to an activating group) is 1. The zero-order valence-electron chi connectivity index (χ0n) is 22.8. The molecule has 0 saturated carbocycles. The molecule has 0 unspecified atom stereocenters. The van der Waals surface area contributed by atoms with Gasteiger partial charge in [0, 0.05) is 18.0 Å². The van der Waals surface area contributed by atoms with Gasteiger partial charge in [-0.25, -0.2) is 17.5 Å². The molecule has 15 heteroatoms. The Kier molecular flexibility index (Phi) is 8.40. The molecule has 0 saturated heterocycles. The number of fused-ring (bicyclic) bond motifs is 1. The van der Waals surface area contributed by atoms with Crippen molar-refractivity contribution in [1.29, 1.82) is 0 Å². The van der Waals surface area contributed by atoms with Gasteiger partial charge in [0.2, 0.25) is 10.0 Å². The Bertz CT molecular complexity index is 1820. The van der Waals surface area contributed by atoms with Crippen molar-refractivity contribution >= 4 is 45.1 Å². The molecule has 1 aromatic heterocycles. The van der Waals surface area contributed by atoms with Crippen molar-refractivity contribution in [3.05, 3.63) is 107 Å². The van der Waals surface area contributed by atoms with Crippen molar-refractivity contribution in [2.45, 2.75) is 25.1 Å². The van der Waals surface area contributed by atoms with Gasteiger partial charge >= 0.3 is 6.18 Å². The first kappa shape index (κ1) is 31.0. The van der Waals surface area contributed by atoms with E-state index in [1.165, 1.54) is 27.8 Å². The standard InChI is InChI=1S/C29H24ClF4N5O4S/c1-2-38-27-23(25(37-44(42,43)16-30)36-39(27)21-9-4-3-5-10-21)22(17-11-13-20(31)14-12-17)24(28(38)41)35-26(40)18-7-6-8-19(15-18)29(32,33)34/h3-15,22,24H,2,16H2,1H3,(H,35,40)(H,36,37)/t22-,24-/m0/s1. The minimum absolute atomic E-state index is 0.0398. The molecule has 2 heterocycles. The van der Waals surface area contributed by atoms with Gasteiger partial charge in [0.15, 0.2) is 5.82 Å². The van der Waals surface area contributed by atoms with Gasteiger partial charge in [-0.05, 0) is 55.0 Å². The summed E-state index contributed by atoms with van der Waals surface area (Å²) in [6, 6.07) is 15.7. The van der Waals surface area contributed by atoms with E-state index in [0.29, 0.717) is 17.3 Å². The van der Waals surface area contributed by atoms with E-state index in [1.54, 1.807) is 37.3 Å². The van der Waals surface area contributed by atoms with Crippen molar-refractivity contribution < 1.29 is 35.6 Å². The fourth-order valence-corrected chi connectivity index (χ4v) is 5.75. The molecule has 5 rings (SSSR count). The van der Waals surface area contributed by atoms with Crippen LogP contribution in [-0.2, 0) is 21.0 Å². The Morgan fingerprint density at radius 1 is 1.02 bits per heavy atom. The molecule has 1 aliphatic rings. The predicted molar refractivity (Wildman–Crippen MR) is 156 cm³/mol. The maximum atomic E-state index is 14.2. The quantitative estimate of drug-likeness (QED) is 0.200. The molecule has 3 aromatic carbocycles. The van der Waals surface area contributed by atoms with Crippen molar-refractivity contribution in [3.63, 3.8) is 0 Å². The summed E-state index contributed by atoms with van der Waals surface area (Å²) in [5.74, 6) is -3.43. The van der Waals surface area contributed by atoms with Crippen molar-refractivity contribution in [3.8, 4) is 5.69 Å². The van der Waals surface area contributed by atoms with E-state index in [9.17, 15) is 35.6 Å². The third kappa shape index (κ3) is 5.99. The zero-order chi connectivity index (χ0) is 31.8. The van der Waals surface area contributed by atoms with Crippen LogP contribution in [0.4, 0.5) is 29.2 Å². The maximum Gasteiger partial charge on any atom is 0.416 e. The molecule has 0 spiro atoms. The third-order valence-electron chi connectivity index (χ3n) is 7.01. The average Bonchev–Trinajstić information content (AvgIpc) is 3.36. The Hall–Kier alpha value is -4.43. The maximum absolute atomic E-state index is 14.2. The number of hydrogen-bond donors (Lipinski definition) is 2. The lowest BCUT2D eigenvalue weighted by atomic mass is 9.81. The van der Waals surface area contributed by atoms with Gasteiger partial charge in [-0.15, -0.1) is 16.7 Å². The van der Waals surface area contributed by atoms with Gasteiger partial charge in [0.1, 0.15) is 22.9 Å². The summed E-state index contributed by atoms with van der Waals surface area (Å²) < 4.78 is 83.2. The number of amides is 2. The zero-order valence-corrected chi connectivity index (χ0v) is 24.4. The average molecular weight is 650 g/mol. The second-order valence-corrected chi connectivity index (χ2v) is 12.1. The summed E-state index contributed by atoms with van der Waals surface area (Å²) in [4.78, 5) is 28.8. The number of carbonyl (C=O) groups is 2. The highest BCUT2D eigenvalue weighted by molar-refractivity contribution is 7.93. The molecule has 0 radical (unpaired) electrons. The lowest BCUT2D eigenvalue weighted by Gasteiger charge is -2.38. The second-order valence-electron chi connectivity index (χ2n) is 9.80. The summed E-state index contributed by atoms with van der Waals surface area (Å²) >= 11 is 5.68. The number of sulfonamides is 1. The highest BCUT2D eigenvalue weighted by Gasteiger charge is 2.47. The van der Waals surface area contributed by atoms with Crippen LogP contribution in [0.15, 0.2) is 78.9 Å². The highest BCUT2D eigenvalue weighted by Crippen LogP contribution is 2.46. The number of benzene rings is 3. The van der Waals surface area contributed by atoms with Crippen LogP contribution in [0.1, 0.15) is 39.9 Å². The van der Waals surface area contributed by atoms with Gasteiger partial charge in [0.05, 0.1) is 16.8 Å². The summed E-state index contributed by atoms with van der Waals surface area (Å²) in [5, 5.41) is 6.22. The van der Waals surface area contributed by atoms with Crippen LogP contribution in [-0.4, -0.2) is 47.8 Å². The van der Waals surface area contributed by atoms with E-state index in [4.69, 9.17) is 11.6 Å². The van der Waals surface area contributed by atoms with Crippen LogP contribution in [0.2, 0.25) is 0 Å². The lowest BCUT2D eigenvalue weighted by molar-refractivity contribution is -0.137. The van der Waals surface area contributed by atoms with E-state index in [0.717, 1.165) is 24.3 Å².